The topological polar surface area (TPSA) is 79.1 Å². The van der Waals surface area contributed by atoms with Crippen molar-refractivity contribution in [3.8, 4) is 10.6 Å². The number of hydrogen-bond donors (Lipinski definition) is 3. The van der Waals surface area contributed by atoms with Crippen molar-refractivity contribution in [3.05, 3.63) is 27.7 Å². The normalized spacial score (nSPS) is 10.5. The number of carboxylic acids is 1. The summed E-state index contributed by atoms with van der Waals surface area (Å²) in [5.41, 5.74) is 6.50. The van der Waals surface area contributed by atoms with Gasteiger partial charge in [0.2, 0.25) is 0 Å². The fraction of sp³-hybridized carbons (Fsp3) is 0. The molecule has 0 aliphatic carbocycles. The van der Waals surface area contributed by atoms with Crippen LogP contribution >= 0.6 is 27.3 Å². The van der Waals surface area contributed by atoms with Gasteiger partial charge in [-0.1, -0.05) is 0 Å². The van der Waals surface area contributed by atoms with Crippen LogP contribution in [0.15, 0.2) is 22.1 Å². The van der Waals surface area contributed by atoms with E-state index in [1.165, 1.54) is 17.5 Å². The lowest BCUT2D eigenvalue weighted by Gasteiger charge is -1.96. The lowest BCUT2D eigenvalue weighted by atomic mass is 10.2. The average molecular weight is 287 g/mol. The number of H-pyrrole nitrogens is 1. The Morgan fingerprint density at radius 2 is 2.33 bits per heavy atom. The molecule has 2 aromatic heterocycles. The van der Waals surface area contributed by atoms with Crippen LogP contribution in [-0.2, 0) is 0 Å². The van der Waals surface area contributed by atoms with Crippen molar-refractivity contribution < 1.29 is 9.90 Å². The molecule has 4 N–H and O–H groups in total. The van der Waals surface area contributed by atoms with E-state index in [9.17, 15) is 4.79 Å². The van der Waals surface area contributed by atoms with Gasteiger partial charge < -0.3 is 15.8 Å². The molecular formula is C9H7BrN2O2S. The van der Waals surface area contributed by atoms with Gasteiger partial charge in [-0.3, -0.25) is 0 Å². The van der Waals surface area contributed by atoms with E-state index in [1.54, 1.807) is 0 Å². The summed E-state index contributed by atoms with van der Waals surface area (Å²) in [6.45, 7) is 0. The zero-order valence-corrected chi connectivity index (χ0v) is 9.85. The van der Waals surface area contributed by atoms with E-state index < -0.39 is 5.97 Å². The zero-order chi connectivity index (χ0) is 11.0. The molecule has 0 aliphatic rings. The fourth-order valence-corrected chi connectivity index (χ4v) is 2.75. The molecule has 0 saturated heterocycles. The van der Waals surface area contributed by atoms with Gasteiger partial charge in [0.05, 0.1) is 16.3 Å². The summed E-state index contributed by atoms with van der Waals surface area (Å²) in [6, 6.07) is 1.85. The number of aromatic amines is 1. The van der Waals surface area contributed by atoms with Crippen LogP contribution in [-0.4, -0.2) is 16.1 Å². The molecule has 0 aromatic carbocycles. The first-order valence-corrected chi connectivity index (χ1v) is 5.71. The number of nitrogens with one attached hydrogen (secondary N) is 1. The molecule has 0 amide bonds. The first-order chi connectivity index (χ1) is 7.09. The second-order valence-electron chi connectivity index (χ2n) is 2.93. The first kappa shape index (κ1) is 10.3. The number of thiophene rings is 1. The lowest BCUT2D eigenvalue weighted by molar-refractivity contribution is 0.0699. The quantitative estimate of drug-likeness (QED) is 0.794. The molecule has 0 atom stereocenters. The number of carbonyl (C=O) groups is 1. The van der Waals surface area contributed by atoms with Crippen molar-refractivity contribution in [2.75, 3.05) is 5.73 Å². The van der Waals surface area contributed by atoms with Crippen LogP contribution in [0.3, 0.4) is 0 Å². The molecule has 0 aliphatic heterocycles. The van der Waals surface area contributed by atoms with Gasteiger partial charge >= 0.3 is 5.97 Å². The maximum atomic E-state index is 11.0. The largest absolute Gasteiger partial charge is 0.478 e. The Morgan fingerprint density at radius 3 is 2.87 bits per heavy atom. The predicted molar refractivity (Wildman–Crippen MR) is 63.2 cm³/mol. The molecule has 0 radical (unpaired) electrons. The SMILES string of the molecule is Nc1c[nH]c(-c2cc(Br)cs2)c1C(=O)O. The third kappa shape index (κ3) is 1.78. The van der Waals surface area contributed by atoms with Crippen LogP contribution in [0.2, 0.25) is 0 Å². The number of halogens is 1. The fourth-order valence-electron chi connectivity index (χ4n) is 1.31. The first-order valence-electron chi connectivity index (χ1n) is 4.04. The molecule has 2 aromatic rings. The molecular weight excluding hydrogens is 280 g/mol. The van der Waals surface area contributed by atoms with Gasteiger partial charge in [0.15, 0.2) is 0 Å². The molecule has 0 spiro atoms. The summed E-state index contributed by atoms with van der Waals surface area (Å²) in [5.74, 6) is -1.02. The molecule has 2 rings (SSSR count). The molecule has 15 heavy (non-hydrogen) atoms. The molecule has 2 heterocycles. The van der Waals surface area contributed by atoms with Crippen molar-refractivity contribution in [2.45, 2.75) is 0 Å². The maximum Gasteiger partial charge on any atom is 0.340 e. The summed E-state index contributed by atoms with van der Waals surface area (Å²) in [5, 5.41) is 10.9. The van der Waals surface area contributed by atoms with E-state index in [0.717, 1.165) is 9.35 Å². The minimum atomic E-state index is -1.02. The summed E-state index contributed by atoms with van der Waals surface area (Å²) in [7, 11) is 0. The van der Waals surface area contributed by atoms with Gasteiger partial charge in [0.1, 0.15) is 5.56 Å². The summed E-state index contributed by atoms with van der Waals surface area (Å²) < 4.78 is 0.923. The molecule has 6 heteroatoms. The van der Waals surface area contributed by atoms with Gasteiger partial charge in [-0.25, -0.2) is 4.79 Å². The highest BCUT2D eigenvalue weighted by atomic mass is 79.9. The number of rotatable bonds is 2. The van der Waals surface area contributed by atoms with Crippen molar-refractivity contribution in [3.63, 3.8) is 0 Å². The van der Waals surface area contributed by atoms with Crippen LogP contribution in [0.25, 0.3) is 10.6 Å². The Kier molecular flexibility index (Phi) is 2.54. The smallest absolute Gasteiger partial charge is 0.340 e. The molecule has 0 saturated carbocycles. The summed E-state index contributed by atoms with van der Waals surface area (Å²) in [6.07, 6.45) is 1.49. The van der Waals surface area contributed by atoms with Gasteiger partial charge in [-0.15, -0.1) is 11.3 Å². The molecule has 78 valence electrons. The van der Waals surface area contributed by atoms with Crippen molar-refractivity contribution in [1.82, 2.24) is 4.98 Å². The monoisotopic (exact) mass is 286 g/mol. The number of aromatic nitrogens is 1. The van der Waals surface area contributed by atoms with Crippen LogP contribution in [0.1, 0.15) is 10.4 Å². The minimum Gasteiger partial charge on any atom is -0.478 e. The molecule has 4 nitrogen and oxygen atoms in total. The number of carboxylic acid groups (broad SMARTS) is 1. The van der Waals surface area contributed by atoms with Crippen LogP contribution in [0.4, 0.5) is 5.69 Å². The second kappa shape index (κ2) is 3.71. The van der Waals surface area contributed by atoms with E-state index >= 15 is 0 Å². The molecule has 0 bridgehead atoms. The highest BCUT2D eigenvalue weighted by Crippen LogP contribution is 2.33. The Morgan fingerprint density at radius 1 is 1.60 bits per heavy atom. The van der Waals surface area contributed by atoms with E-state index in [2.05, 4.69) is 20.9 Å². The number of nitrogen functional groups attached to an aromatic ring is 1. The third-order valence-electron chi connectivity index (χ3n) is 1.94. The van der Waals surface area contributed by atoms with Crippen molar-refractivity contribution in [2.24, 2.45) is 0 Å². The standard InChI is InChI=1S/C9H7BrN2O2S/c10-4-1-6(15-3-4)8-7(9(13)14)5(11)2-12-8/h1-3,12H,11H2,(H,13,14). The number of hydrogen-bond acceptors (Lipinski definition) is 3. The highest BCUT2D eigenvalue weighted by Gasteiger charge is 2.18. The second-order valence-corrected chi connectivity index (χ2v) is 4.76. The molecule has 0 fully saturated rings. The van der Waals surface area contributed by atoms with Gasteiger partial charge in [-0.2, -0.15) is 0 Å². The van der Waals surface area contributed by atoms with E-state index in [4.69, 9.17) is 10.8 Å². The van der Waals surface area contributed by atoms with Crippen molar-refractivity contribution >= 4 is 38.9 Å². The number of nitrogens with two attached hydrogens (primary N) is 1. The Bertz CT molecular complexity index is 518. The van der Waals surface area contributed by atoms with E-state index in [1.807, 2.05) is 11.4 Å². The summed E-state index contributed by atoms with van der Waals surface area (Å²) >= 11 is 4.77. The van der Waals surface area contributed by atoms with Gasteiger partial charge in [-0.05, 0) is 22.0 Å². The number of anilines is 1. The maximum absolute atomic E-state index is 11.0. The molecule has 0 unspecified atom stereocenters. The average Bonchev–Trinajstić information content (AvgIpc) is 2.71. The van der Waals surface area contributed by atoms with E-state index in [0.29, 0.717) is 5.69 Å². The van der Waals surface area contributed by atoms with Crippen LogP contribution in [0.5, 0.6) is 0 Å². The highest BCUT2D eigenvalue weighted by molar-refractivity contribution is 9.10. The summed E-state index contributed by atoms with van der Waals surface area (Å²) in [4.78, 5) is 14.7. The Labute approximate surface area is 97.9 Å². The third-order valence-corrected chi connectivity index (χ3v) is 3.65. The Hall–Kier alpha value is -1.27. The lowest BCUT2D eigenvalue weighted by Crippen LogP contribution is -2.00. The van der Waals surface area contributed by atoms with Gasteiger partial charge in [0, 0.05) is 16.0 Å². The Balaban J connectivity index is 2.58. The zero-order valence-electron chi connectivity index (χ0n) is 7.45. The van der Waals surface area contributed by atoms with Gasteiger partial charge in [0.25, 0.3) is 0 Å². The predicted octanol–water partition coefficient (Wildman–Crippen LogP) is 2.79. The van der Waals surface area contributed by atoms with E-state index in [-0.39, 0.29) is 11.3 Å². The number of aromatic carboxylic acids is 1. The van der Waals surface area contributed by atoms with Crippen LogP contribution < -0.4 is 5.73 Å². The minimum absolute atomic E-state index is 0.129. The van der Waals surface area contributed by atoms with Crippen molar-refractivity contribution in [1.29, 1.82) is 0 Å². The van der Waals surface area contributed by atoms with Crippen LogP contribution in [0, 0.1) is 0 Å².